The number of amides is 1. The molecule has 1 amide bonds. The van der Waals surface area contributed by atoms with E-state index in [4.69, 9.17) is 5.73 Å². The normalized spacial score (nSPS) is 17.9. The molecule has 1 unspecified atom stereocenters. The number of benzene rings is 1. The van der Waals surface area contributed by atoms with Crippen molar-refractivity contribution >= 4 is 34.2 Å². The molecule has 0 radical (unpaired) electrons. The molecule has 1 atom stereocenters. The number of nitrogens with one attached hydrogen (secondary N) is 1. The van der Waals surface area contributed by atoms with E-state index < -0.39 is 5.54 Å². The maximum absolute atomic E-state index is 12.2. The van der Waals surface area contributed by atoms with E-state index >= 15 is 0 Å². The molecule has 1 saturated carbocycles. The Morgan fingerprint density at radius 3 is 2.48 bits per heavy atom. The number of rotatable bonds is 5. The van der Waals surface area contributed by atoms with Gasteiger partial charge in [0.05, 0.1) is 5.54 Å². The summed E-state index contributed by atoms with van der Waals surface area (Å²) in [6.45, 7) is 2.05. The summed E-state index contributed by atoms with van der Waals surface area (Å²) < 4.78 is 1.09. The second-order valence-corrected chi connectivity index (χ2v) is 6.82. The van der Waals surface area contributed by atoms with Crippen LogP contribution in [0.3, 0.4) is 0 Å². The quantitative estimate of drug-likeness (QED) is 0.826. The largest absolute Gasteiger partial charge is 0.352 e. The second-order valence-electron chi connectivity index (χ2n) is 5.90. The van der Waals surface area contributed by atoms with E-state index in [9.17, 15) is 4.79 Å². The lowest BCUT2D eigenvalue weighted by Crippen LogP contribution is -2.54. The molecule has 1 aromatic rings. The number of hydrogen-bond donors (Lipinski definition) is 2. The Balaban J connectivity index is 0.00000220. The molecule has 1 aliphatic carbocycles. The van der Waals surface area contributed by atoms with Gasteiger partial charge in [0.2, 0.25) is 5.91 Å². The van der Waals surface area contributed by atoms with E-state index in [1.807, 2.05) is 12.1 Å². The van der Waals surface area contributed by atoms with Gasteiger partial charge in [0, 0.05) is 10.5 Å². The fraction of sp³-hybridized carbons (Fsp3) is 0.562. The van der Waals surface area contributed by atoms with Gasteiger partial charge < -0.3 is 11.1 Å². The van der Waals surface area contributed by atoms with Crippen molar-refractivity contribution in [3.05, 3.63) is 34.3 Å². The van der Waals surface area contributed by atoms with Gasteiger partial charge >= 0.3 is 0 Å². The fourth-order valence-corrected chi connectivity index (χ4v) is 2.97. The second kappa shape index (κ2) is 8.16. The Kier molecular flexibility index (Phi) is 7.17. The summed E-state index contributed by atoms with van der Waals surface area (Å²) in [6, 6.07) is 8.48. The van der Waals surface area contributed by atoms with E-state index in [1.54, 1.807) is 0 Å². The Morgan fingerprint density at radius 2 is 1.90 bits per heavy atom. The maximum Gasteiger partial charge on any atom is 0.240 e. The number of halogens is 2. The minimum atomic E-state index is -0.619. The van der Waals surface area contributed by atoms with Gasteiger partial charge in [0.15, 0.2) is 0 Å². The average Bonchev–Trinajstić information content (AvgIpc) is 2.86. The van der Waals surface area contributed by atoms with Gasteiger partial charge in [-0.1, -0.05) is 40.9 Å². The Morgan fingerprint density at radius 1 is 1.33 bits per heavy atom. The monoisotopic (exact) mass is 374 g/mol. The third-order valence-corrected chi connectivity index (χ3v) is 4.63. The molecular weight excluding hydrogens is 352 g/mol. The SMILES string of the molecule is CC(CCc1ccc(Br)cc1)NC(=O)C1(N)CCCC1.Cl. The highest BCUT2D eigenvalue weighted by Crippen LogP contribution is 2.27. The standard InChI is InChI=1S/C16H23BrN2O.ClH/c1-12(4-5-13-6-8-14(17)9-7-13)19-15(20)16(18)10-2-3-11-16;/h6-9,12H,2-5,10-11,18H2,1H3,(H,19,20);1H. The molecule has 0 bridgehead atoms. The van der Waals surface area contributed by atoms with Gasteiger partial charge in [0.25, 0.3) is 0 Å². The first-order valence-corrected chi connectivity index (χ1v) is 8.13. The fourth-order valence-electron chi connectivity index (χ4n) is 2.71. The van der Waals surface area contributed by atoms with Crippen LogP contribution >= 0.6 is 28.3 Å². The van der Waals surface area contributed by atoms with Crippen LogP contribution in [0.25, 0.3) is 0 Å². The molecule has 1 aliphatic rings. The lowest BCUT2D eigenvalue weighted by Gasteiger charge is -2.25. The van der Waals surface area contributed by atoms with Crippen molar-refractivity contribution in [3.63, 3.8) is 0 Å². The van der Waals surface area contributed by atoms with Crippen molar-refractivity contribution in [2.45, 2.75) is 57.0 Å². The molecule has 0 heterocycles. The number of nitrogens with two attached hydrogens (primary N) is 1. The Labute approximate surface area is 141 Å². The Hall–Kier alpha value is -0.580. The third-order valence-electron chi connectivity index (χ3n) is 4.10. The van der Waals surface area contributed by atoms with Gasteiger partial charge in [-0.3, -0.25) is 4.79 Å². The van der Waals surface area contributed by atoms with Crippen LogP contribution in [-0.2, 0) is 11.2 Å². The van der Waals surface area contributed by atoms with Crippen molar-refractivity contribution in [2.24, 2.45) is 5.73 Å². The van der Waals surface area contributed by atoms with Crippen LogP contribution in [-0.4, -0.2) is 17.5 Å². The van der Waals surface area contributed by atoms with Crippen molar-refractivity contribution in [1.82, 2.24) is 5.32 Å². The number of aryl methyl sites for hydroxylation is 1. The van der Waals surface area contributed by atoms with E-state index in [0.717, 1.165) is 43.0 Å². The minimum Gasteiger partial charge on any atom is -0.352 e. The number of carbonyl (C=O) groups excluding carboxylic acids is 1. The van der Waals surface area contributed by atoms with Crippen LogP contribution in [0.5, 0.6) is 0 Å². The number of hydrogen-bond acceptors (Lipinski definition) is 2. The molecule has 21 heavy (non-hydrogen) atoms. The summed E-state index contributed by atoms with van der Waals surface area (Å²) in [4.78, 5) is 12.2. The summed E-state index contributed by atoms with van der Waals surface area (Å²) in [7, 11) is 0. The summed E-state index contributed by atoms with van der Waals surface area (Å²) in [5.41, 5.74) is 6.83. The maximum atomic E-state index is 12.2. The van der Waals surface area contributed by atoms with Crippen LogP contribution in [0.2, 0.25) is 0 Å². The highest BCUT2D eigenvalue weighted by atomic mass is 79.9. The highest BCUT2D eigenvalue weighted by molar-refractivity contribution is 9.10. The lowest BCUT2D eigenvalue weighted by atomic mass is 9.97. The van der Waals surface area contributed by atoms with Gasteiger partial charge in [-0.25, -0.2) is 0 Å². The topological polar surface area (TPSA) is 55.1 Å². The van der Waals surface area contributed by atoms with Crippen molar-refractivity contribution in [3.8, 4) is 0 Å². The first kappa shape index (κ1) is 18.5. The summed E-state index contributed by atoms with van der Waals surface area (Å²) in [6.07, 6.45) is 5.67. The van der Waals surface area contributed by atoms with E-state index in [-0.39, 0.29) is 24.4 Å². The van der Waals surface area contributed by atoms with E-state index in [0.29, 0.717) is 0 Å². The molecular formula is C16H24BrClN2O. The van der Waals surface area contributed by atoms with Crippen LogP contribution in [0.15, 0.2) is 28.7 Å². The summed E-state index contributed by atoms with van der Waals surface area (Å²) >= 11 is 3.43. The molecule has 3 N–H and O–H groups in total. The molecule has 2 rings (SSSR count). The molecule has 3 nitrogen and oxygen atoms in total. The molecule has 0 aromatic heterocycles. The van der Waals surface area contributed by atoms with Gasteiger partial charge in [-0.15, -0.1) is 12.4 Å². The Bertz CT molecular complexity index is 458. The zero-order chi connectivity index (χ0) is 14.6. The third kappa shape index (κ3) is 5.28. The van der Waals surface area contributed by atoms with E-state index in [2.05, 4.69) is 40.3 Å². The lowest BCUT2D eigenvalue weighted by molar-refractivity contribution is -0.126. The molecule has 0 aliphatic heterocycles. The first-order chi connectivity index (χ1) is 9.49. The van der Waals surface area contributed by atoms with Gasteiger partial charge in [-0.2, -0.15) is 0 Å². The van der Waals surface area contributed by atoms with Crippen molar-refractivity contribution < 1.29 is 4.79 Å². The van der Waals surface area contributed by atoms with Crippen molar-refractivity contribution in [1.29, 1.82) is 0 Å². The predicted octanol–water partition coefficient (Wildman–Crippen LogP) is 3.58. The van der Waals surface area contributed by atoms with Gasteiger partial charge in [-0.05, 0) is 50.3 Å². The van der Waals surface area contributed by atoms with Crippen LogP contribution in [0.4, 0.5) is 0 Å². The molecule has 0 saturated heterocycles. The molecule has 0 spiro atoms. The highest BCUT2D eigenvalue weighted by Gasteiger charge is 2.37. The smallest absolute Gasteiger partial charge is 0.240 e. The van der Waals surface area contributed by atoms with Crippen LogP contribution in [0.1, 0.15) is 44.6 Å². The predicted molar refractivity (Wildman–Crippen MR) is 92.7 cm³/mol. The zero-order valence-electron chi connectivity index (χ0n) is 12.4. The summed E-state index contributed by atoms with van der Waals surface area (Å²) in [5, 5.41) is 3.07. The van der Waals surface area contributed by atoms with Crippen LogP contribution in [0, 0.1) is 0 Å². The molecule has 118 valence electrons. The zero-order valence-corrected chi connectivity index (χ0v) is 14.8. The molecule has 5 heteroatoms. The number of carbonyl (C=O) groups is 1. The molecule has 1 aromatic carbocycles. The van der Waals surface area contributed by atoms with Gasteiger partial charge in [0.1, 0.15) is 0 Å². The minimum absolute atomic E-state index is 0. The van der Waals surface area contributed by atoms with Crippen LogP contribution < -0.4 is 11.1 Å². The average molecular weight is 376 g/mol. The summed E-state index contributed by atoms with van der Waals surface area (Å²) in [5.74, 6) is 0.0262. The van der Waals surface area contributed by atoms with Crippen molar-refractivity contribution in [2.75, 3.05) is 0 Å². The first-order valence-electron chi connectivity index (χ1n) is 7.34. The molecule has 1 fully saturated rings. The van der Waals surface area contributed by atoms with E-state index in [1.165, 1.54) is 5.56 Å².